The lowest BCUT2D eigenvalue weighted by Gasteiger charge is -2.37. The predicted molar refractivity (Wildman–Crippen MR) is 86.6 cm³/mol. The highest BCUT2D eigenvalue weighted by Gasteiger charge is 2.38. The van der Waals surface area contributed by atoms with Gasteiger partial charge in [-0.2, -0.15) is 0 Å². The Balaban J connectivity index is 1.76. The van der Waals surface area contributed by atoms with Gasteiger partial charge < -0.3 is 19.5 Å². The standard InChI is InChI=1S/C18H23NO5/c1-12-4-6-13(7-5-12)16-14(3-2-9-24-16)17(20)19-8-10-23-15(11-19)18(21)22/h4-7,14-16H,2-3,8-11H2,1H3,(H,21,22)/t14-,15-,16-/m0/s1. The molecular formula is C18H23NO5. The molecule has 6 heteroatoms. The second-order valence-corrected chi connectivity index (χ2v) is 6.43. The van der Waals surface area contributed by atoms with Crippen molar-refractivity contribution < 1.29 is 24.2 Å². The molecule has 0 aromatic heterocycles. The van der Waals surface area contributed by atoms with Gasteiger partial charge in [0.05, 0.1) is 25.2 Å². The summed E-state index contributed by atoms with van der Waals surface area (Å²) in [5.74, 6) is -1.33. The molecule has 24 heavy (non-hydrogen) atoms. The molecular weight excluding hydrogens is 310 g/mol. The minimum Gasteiger partial charge on any atom is -0.479 e. The van der Waals surface area contributed by atoms with Gasteiger partial charge in [-0.1, -0.05) is 29.8 Å². The number of ether oxygens (including phenoxy) is 2. The summed E-state index contributed by atoms with van der Waals surface area (Å²) in [6.45, 7) is 3.45. The van der Waals surface area contributed by atoms with Crippen LogP contribution in [0.2, 0.25) is 0 Å². The highest BCUT2D eigenvalue weighted by atomic mass is 16.5. The number of morpholine rings is 1. The number of carbonyl (C=O) groups excluding carboxylic acids is 1. The van der Waals surface area contributed by atoms with Gasteiger partial charge in [0.2, 0.25) is 5.91 Å². The van der Waals surface area contributed by atoms with Crippen molar-refractivity contribution in [3.63, 3.8) is 0 Å². The Bertz CT molecular complexity index is 600. The maximum atomic E-state index is 13.0. The molecule has 2 aliphatic heterocycles. The fraction of sp³-hybridized carbons (Fsp3) is 0.556. The van der Waals surface area contributed by atoms with E-state index in [0.717, 1.165) is 24.0 Å². The number of aliphatic carboxylic acids is 1. The second kappa shape index (κ2) is 7.32. The van der Waals surface area contributed by atoms with Gasteiger partial charge in [0, 0.05) is 13.2 Å². The van der Waals surface area contributed by atoms with Gasteiger partial charge in [0.15, 0.2) is 6.10 Å². The Morgan fingerprint density at radius 3 is 2.62 bits per heavy atom. The smallest absolute Gasteiger partial charge is 0.334 e. The third-order valence-electron chi connectivity index (χ3n) is 4.70. The lowest BCUT2D eigenvalue weighted by atomic mass is 9.88. The van der Waals surface area contributed by atoms with Crippen LogP contribution in [0.4, 0.5) is 0 Å². The number of benzene rings is 1. The van der Waals surface area contributed by atoms with Crippen molar-refractivity contribution in [1.82, 2.24) is 4.90 Å². The number of hydrogen-bond acceptors (Lipinski definition) is 4. The van der Waals surface area contributed by atoms with E-state index in [2.05, 4.69) is 0 Å². The van der Waals surface area contributed by atoms with E-state index in [9.17, 15) is 9.59 Å². The number of hydrogen-bond donors (Lipinski definition) is 1. The van der Waals surface area contributed by atoms with Crippen molar-refractivity contribution in [2.75, 3.05) is 26.3 Å². The monoisotopic (exact) mass is 333 g/mol. The number of carboxylic acids is 1. The molecule has 0 radical (unpaired) electrons. The van der Waals surface area contributed by atoms with Crippen molar-refractivity contribution in [1.29, 1.82) is 0 Å². The predicted octanol–water partition coefficient (Wildman–Crippen LogP) is 1.77. The molecule has 2 aliphatic rings. The maximum Gasteiger partial charge on any atom is 0.334 e. The molecule has 1 N–H and O–H groups in total. The molecule has 1 amide bonds. The molecule has 130 valence electrons. The van der Waals surface area contributed by atoms with E-state index in [0.29, 0.717) is 13.2 Å². The lowest BCUT2D eigenvalue weighted by molar-refractivity contribution is -0.163. The van der Waals surface area contributed by atoms with E-state index in [1.165, 1.54) is 0 Å². The summed E-state index contributed by atoms with van der Waals surface area (Å²) in [6.07, 6.45) is 0.390. The molecule has 3 atom stereocenters. The van der Waals surface area contributed by atoms with Crippen LogP contribution in [0.3, 0.4) is 0 Å². The number of aryl methyl sites for hydroxylation is 1. The molecule has 0 aliphatic carbocycles. The van der Waals surface area contributed by atoms with E-state index in [-0.39, 0.29) is 31.1 Å². The van der Waals surface area contributed by atoms with Crippen LogP contribution >= 0.6 is 0 Å². The molecule has 2 heterocycles. The lowest BCUT2D eigenvalue weighted by Crippen LogP contribution is -2.51. The summed E-state index contributed by atoms with van der Waals surface area (Å²) in [6, 6.07) is 8.05. The largest absolute Gasteiger partial charge is 0.479 e. The van der Waals surface area contributed by atoms with Crippen molar-refractivity contribution in [2.24, 2.45) is 5.92 Å². The van der Waals surface area contributed by atoms with Crippen molar-refractivity contribution >= 4 is 11.9 Å². The zero-order valence-electron chi connectivity index (χ0n) is 13.8. The Hall–Kier alpha value is -1.92. The first-order valence-electron chi connectivity index (χ1n) is 8.37. The Morgan fingerprint density at radius 1 is 1.17 bits per heavy atom. The summed E-state index contributed by atoms with van der Waals surface area (Å²) in [5.41, 5.74) is 2.16. The number of rotatable bonds is 3. The SMILES string of the molecule is Cc1ccc([C@@H]2OCCC[C@@H]2C(=O)N2CCO[C@H](C(=O)O)C2)cc1. The molecule has 0 bridgehead atoms. The summed E-state index contributed by atoms with van der Waals surface area (Å²) >= 11 is 0. The first-order valence-corrected chi connectivity index (χ1v) is 8.37. The van der Waals surface area contributed by atoms with Gasteiger partial charge in [-0.15, -0.1) is 0 Å². The second-order valence-electron chi connectivity index (χ2n) is 6.43. The molecule has 3 rings (SSSR count). The van der Waals surface area contributed by atoms with Crippen LogP contribution in [0, 0.1) is 12.8 Å². The van der Waals surface area contributed by atoms with Crippen LogP contribution in [0.5, 0.6) is 0 Å². The zero-order valence-corrected chi connectivity index (χ0v) is 13.8. The fourth-order valence-corrected chi connectivity index (χ4v) is 3.35. The average molecular weight is 333 g/mol. The van der Waals surface area contributed by atoms with Gasteiger partial charge in [-0.3, -0.25) is 4.79 Å². The number of carbonyl (C=O) groups is 2. The van der Waals surface area contributed by atoms with Crippen LogP contribution in [0.15, 0.2) is 24.3 Å². The molecule has 6 nitrogen and oxygen atoms in total. The van der Waals surface area contributed by atoms with Crippen molar-refractivity contribution in [2.45, 2.75) is 32.0 Å². The fourth-order valence-electron chi connectivity index (χ4n) is 3.35. The highest BCUT2D eigenvalue weighted by Crippen LogP contribution is 2.35. The summed E-state index contributed by atoms with van der Waals surface area (Å²) in [4.78, 5) is 25.7. The number of amides is 1. The van der Waals surface area contributed by atoms with Gasteiger partial charge >= 0.3 is 5.97 Å². The van der Waals surface area contributed by atoms with Gasteiger partial charge in [-0.05, 0) is 25.3 Å². The number of carboxylic acid groups (broad SMARTS) is 1. The van der Waals surface area contributed by atoms with Crippen LogP contribution in [0.25, 0.3) is 0 Å². The minimum atomic E-state index is -1.03. The number of nitrogens with zero attached hydrogens (tertiary/aromatic N) is 1. The van der Waals surface area contributed by atoms with E-state index in [4.69, 9.17) is 14.6 Å². The van der Waals surface area contributed by atoms with Crippen LogP contribution in [0.1, 0.15) is 30.1 Å². The van der Waals surface area contributed by atoms with Gasteiger partial charge in [-0.25, -0.2) is 4.79 Å². The topological polar surface area (TPSA) is 76.1 Å². The maximum absolute atomic E-state index is 13.0. The van der Waals surface area contributed by atoms with Crippen LogP contribution in [-0.4, -0.2) is 54.3 Å². The van der Waals surface area contributed by atoms with Crippen molar-refractivity contribution in [3.8, 4) is 0 Å². The normalized spacial score (nSPS) is 27.7. The van der Waals surface area contributed by atoms with Crippen LogP contribution < -0.4 is 0 Å². The van der Waals surface area contributed by atoms with E-state index >= 15 is 0 Å². The van der Waals surface area contributed by atoms with E-state index < -0.39 is 12.1 Å². The first-order chi connectivity index (χ1) is 11.6. The van der Waals surface area contributed by atoms with Gasteiger partial charge in [0.1, 0.15) is 0 Å². The molecule has 0 spiro atoms. The molecule has 1 aromatic carbocycles. The molecule has 0 saturated carbocycles. The average Bonchev–Trinajstić information content (AvgIpc) is 2.62. The van der Waals surface area contributed by atoms with E-state index in [1.54, 1.807) is 4.90 Å². The zero-order chi connectivity index (χ0) is 17.1. The highest BCUT2D eigenvalue weighted by molar-refractivity contribution is 5.81. The van der Waals surface area contributed by atoms with Crippen LogP contribution in [-0.2, 0) is 19.1 Å². The quantitative estimate of drug-likeness (QED) is 0.912. The summed E-state index contributed by atoms with van der Waals surface area (Å²) < 4.78 is 11.1. The molecule has 2 saturated heterocycles. The Labute approximate surface area is 141 Å². The van der Waals surface area contributed by atoms with Crippen molar-refractivity contribution in [3.05, 3.63) is 35.4 Å². The first kappa shape index (κ1) is 16.9. The Morgan fingerprint density at radius 2 is 1.92 bits per heavy atom. The van der Waals surface area contributed by atoms with E-state index in [1.807, 2.05) is 31.2 Å². The molecule has 1 aromatic rings. The molecule has 2 fully saturated rings. The third kappa shape index (κ3) is 3.60. The Kier molecular flexibility index (Phi) is 5.16. The summed E-state index contributed by atoms with van der Waals surface area (Å²) in [7, 11) is 0. The summed E-state index contributed by atoms with van der Waals surface area (Å²) in [5, 5.41) is 9.12. The third-order valence-corrected chi connectivity index (χ3v) is 4.70. The minimum absolute atomic E-state index is 0.0326. The van der Waals surface area contributed by atoms with Gasteiger partial charge in [0.25, 0.3) is 0 Å². The molecule has 0 unspecified atom stereocenters.